The molecule has 2 rings (SSSR count). The van der Waals surface area contributed by atoms with Crippen molar-refractivity contribution in [1.82, 2.24) is 0 Å². The van der Waals surface area contributed by atoms with Gasteiger partial charge in [-0.15, -0.1) is 0 Å². The monoisotopic (exact) mass is 234 g/mol. The number of hydrogen-bond donors (Lipinski definition) is 0. The highest BCUT2D eigenvalue weighted by Crippen LogP contribution is 2.42. The van der Waals surface area contributed by atoms with E-state index in [-0.39, 0.29) is 12.2 Å². The molecular weight excluding hydrogens is 216 g/mol. The Hall–Kier alpha value is -0.130. The first-order valence-corrected chi connectivity index (χ1v) is 6.67. The SMILES string of the molecule is CC(C)(C1CO1)S(=O)(=O)C(C)(C)C1CO1. The summed E-state index contributed by atoms with van der Waals surface area (Å²) in [5.41, 5.74) is 0. The minimum absolute atomic E-state index is 0.152. The molecule has 0 aromatic carbocycles. The molecule has 5 heteroatoms. The molecule has 0 saturated carbocycles. The molecule has 2 atom stereocenters. The van der Waals surface area contributed by atoms with Gasteiger partial charge in [0.05, 0.1) is 34.9 Å². The van der Waals surface area contributed by atoms with Crippen LogP contribution in [-0.4, -0.2) is 43.3 Å². The minimum Gasteiger partial charge on any atom is -0.371 e. The molecule has 2 heterocycles. The van der Waals surface area contributed by atoms with E-state index in [1.54, 1.807) is 27.7 Å². The number of ether oxygens (including phenoxy) is 2. The van der Waals surface area contributed by atoms with Gasteiger partial charge in [-0.25, -0.2) is 8.42 Å². The van der Waals surface area contributed by atoms with Crippen LogP contribution in [0, 0.1) is 0 Å². The van der Waals surface area contributed by atoms with E-state index in [9.17, 15) is 8.42 Å². The van der Waals surface area contributed by atoms with Crippen molar-refractivity contribution in [2.45, 2.75) is 49.4 Å². The van der Waals surface area contributed by atoms with E-state index >= 15 is 0 Å². The third kappa shape index (κ3) is 1.52. The molecule has 0 amide bonds. The smallest absolute Gasteiger partial charge is 0.165 e. The lowest BCUT2D eigenvalue weighted by Gasteiger charge is -2.33. The fourth-order valence-corrected chi connectivity index (χ4v) is 4.24. The van der Waals surface area contributed by atoms with Crippen LogP contribution in [0.15, 0.2) is 0 Å². The van der Waals surface area contributed by atoms with Crippen LogP contribution in [0.25, 0.3) is 0 Å². The fraction of sp³-hybridized carbons (Fsp3) is 1.00. The number of epoxide rings is 2. The van der Waals surface area contributed by atoms with Gasteiger partial charge in [-0.2, -0.15) is 0 Å². The standard InChI is InChI=1S/C10H18O4S/c1-9(2,7-5-13-7)15(11,12)10(3,4)8-6-14-8/h7-8H,5-6H2,1-4H3. The predicted molar refractivity (Wildman–Crippen MR) is 56.6 cm³/mol. The molecule has 0 aliphatic carbocycles. The van der Waals surface area contributed by atoms with E-state index in [4.69, 9.17) is 9.47 Å². The van der Waals surface area contributed by atoms with Crippen LogP contribution in [0.1, 0.15) is 27.7 Å². The minimum atomic E-state index is -3.26. The van der Waals surface area contributed by atoms with Gasteiger partial charge in [0.25, 0.3) is 0 Å². The van der Waals surface area contributed by atoms with E-state index in [1.165, 1.54) is 0 Å². The van der Waals surface area contributed by atoms with Crippen molar-refractivity contribution in [3.8, 4) is 0 Å². The first-order valence-electron chi connectivity index (χ1n) is 5.18. The Morgan fingerprint density at radius 2 is 1.20 bits per heavy atom. The first kappa shape index (κ1) is 11.4. The summed E-state index contributed by atoms with van der Waals surface area (Å²) in [7, 11) is -3.26. The summed E-state index contributed by atoms with van der Waals surface area (Å²) < 4.78 is 33.6. The van der Waals surface area contributed by atoms with Crippen molar-refractivity contribution in [2.75, 3.05) is 13.2 Å². The average Bonchev–Trinajstić information content (AvgIpc) is 2.95. The molecule has 2 aliphatic rings. The summed E-state index contributed by atoms with van der Waals surface area (Å²) in [6, 6.07) is 0. The molecule has 4 nitrogen and oxygen atoms in total. The maximum Gasteiger partial charge on any atom is 0.165 e. The Morgan fingerprint density at radius 3 is 1.40 bits per heavy atom. The Morgan fingerprint density at radius 1 is 0.933 bits per heavy atom. The van der Waals surface area contributed by atoms with Crippen molar-refractivity contribution >= 4 is 9.84 Å². The number of hydrogen-bond acceptors (Lipinski definition) is 4. The normalized spacial score (nSPS) is 31.5. The molecule has 0 spiro atoms. The van der Waals surface area contributed by atoms with Gasteiger partial charge in [0, 0.05) is 0 Å². The van der Waals surface area contributed by atoms with Gasteiger partial charge in [0.1, 0.15) is 0 Å². The Bertz CT molecular complexity index is 331. The molecule has 2 aliphatic heterocycles. The molecular formula is C10H18O4S. The molecule has 0 aromatic rings. The topological polar surface area (TPSA) is 59.2 Å². The van der Waals surface area contributed by atoms with Crippen LogP contribution >= 0.6 is 0 Å². The maximum absolute atomic E-state index is 12.5. The van der Waals surface area contributed by atoms with E-state index in [1.807, 2.05) is 0 Å². The summed E-state index contributed by atoms with van der Waals surface area (Å²) in [5, 5.41) is 0. The second kappa shape index (κ2) is 2.96. The Labute approximate surface area is 90.9 Å². The molecule has 2 unspecified atom stereocenters. The second-order valence-electron chi connectivity index (χ2n) is 5.35. The molecule has 15 heavy (non-hydrogen) atoms. The van der Waals surface area contributed by atoms with Gasteiger partial charge in [-0.3, -0.25) is 0 Å². The number of rotatable bonds is 4. The molecule has 0 N–H and O–H groups in total. The molecule has 2 saturated heterocycles. The van der Waals surface area contributed by atoms with Crippen molar-refractivity contribution in [3.63, 3.8) is 0 Å². The zero-order chi connectivity index (χ0) is 11.5. The quantitative estimate of drug-likeness (QED) is 0.674. The second-order valence-corrected chi connectivity index (χ2v) is 8.47. The van der Waals surface area contributed by atoms with Crippen LogP contribution in [0.4, 0.5) is 0 Å². The van der Waals surface area contributed by atoms with Crippen LogP contribution in [0.3, 0.4) is 0 Å². The van der Waals surface area contributed by atoms with Crippen LogP contribution in [-0.2, 0) is 19.3 Å². The Balaban J connectivity index is 2.32. The van der Waals surface area contributed by atoms with Gasteiger partial charge >= 0.3 is 0 Å². The van der Waals surface area contributed by atoms with Crippen LogP contribution in [0.5, 0.6) is 0 Å². The van der Waals surface area contributed by atoms with Gasteiger partial charge in [-0.05, 0) is 27.7 Å². The van der Waals surface area contributed by atoms with Gasteiger partial charge in [0.2, 0.25) is 0 Å². The van der Waals surface area contributed by atoms with Gasteiger partial charge in [0.15, 0.2) is 9.84 Å². The largest absolute Gasteiger partial charge is 0.371 e. The van der Waals surface area contributed by atoms with Crippen molar-refractivity contribution < 1.29 is 17.9 Å². The molecule has 0 aromatic heterocycles. The lowest BCUT2D eigenvalue weighted by Crippen LogP contribution is -2.51. The highest BCUT2D eigenvalue weighted by Gasteiger charge is 2.59. The van der Waals surface area contributed by atoms with Gasteiger partial charge in [-0.1, -0.05) is 0 Å². The van der Waals surface area contributed by atoms with Crippen molar-refractivity contribution in [3.05, 3.63) is 0 Å². The van der Waals surface area contributed by atoms with E-state index in [2.05, 4.69) is 0 Å². The summed E-state index contributed by atoms with van der Waals surface area (Å²) in [6.07, 6.45) is -0.305. The molecule has 2 fully saturated rings. The predicted octanol–water partition coefficient (Wildman–Crippen LogP) is 0.756. The highest BCUT2D eigenvalue weighted by atomic mass is 32.2. The maximum atomic E-state index is 12.5. The lowest BCUT2D eigenvalue weighted by atomic mass is 10.1. The molecule has 88 valence electrons. The van der Waals surface area contributed by atoms with Gasteiger partial charge < -0.3 is 9.47 Å². The van der Waals surface area contributed by atoms with E-state index in [0.717, 1.165) is 0 Å². The summed E-state index contributed by atoms with van der Waals surface area (Å²) in [6.45, 7) is 8.06. The van der Waals surface area contributed by atoms with E-state index < -0.39 is 19.3 Å². The first-order chi connectivity index (χ1) is 6.71. The third-order valence-electron chi connectivity index (χ3n) is 3.60. The third-order valence-corrected chi connectivity index (χ3v) is 6.90. The summed E-state index contributed by atoms with van der Waals surface area (Å²) >= 11 is 0. The Kier molecular flexibility index (Phi) is 2.24. The van der Waals surface area contributed by atoms with Crippen molar-refractivity contribution in [2.24, 2.45) is 0 Å². The zero-order valence-electron chi connectivity index (χ0n) is 9.61. The summed E-state index contributed by atoms with van der Waals surface area (Å²) in [4.78, 5) is 0. The molecule has 0 bridgehead atoms. The number of sulfone groups is 1. The lowest BCUT2D eigenvalue weighted by molar-refractivity contribution is 0.338. The summed E-state index contributed by atoms with van der Waals surface area (Å²) in [5.74, 6) is 0. The van der Waals surface area contributed by atoms with Crippen LogP contribution < -0.4 is 0 Å². The molecule has 0 radical (unpaired) electrons. The van der Waals surface area contributed by atoms with Crippen molar-refractivity contribution in [1.29, 1.82) is 0 Å². The van der Waals surface area contributed by atoms with E-state index in [0.29, 0.717) is 13.2 Å². The average molecular weight is 234 g/mol. The zero-order valence-corrected chi connectivity index (χ0v) is 10.4. The highest BCUT2D eigenvalue weighted by molar-refractivity contribution is 7.94. The van der Waals surface area contributed by atoms with Crippen LogP contribution in [0.2, 0.25) is 0 Å². The fourth-order valence-electron chi connectivity index (χ4n) is 1.92.